The van der Waals surface area contributed by atoms with Crippen molar-refractivity contribution >= 4 is 5.69 Å². The molecular formula is C16H20FN3O. The Hall–Kier alpha value is -1.88. The fraction of sp³-hybridized carbons (Fsp3) is 0.438. The largest absolute Gasteiger partial charge is 0.383 e. The van der Waals surface area contributed by atoms with Gasteiger partial charge in [-0.2, -0.15) is 5.10 Å². The molecule has 0 atom stereocenters. The van der Waals surface area contributed by atoms with E-state index in [-0.39, 0.29) is 5.82 Å². The molecule has 5 heteroatoms. The maximum Gasteiger partial charge on any atom is 0.123 e. The van der Waals surface area contributed by atoms with Crippen LogP contribution in [0.3, 0.4) is 0 Å². The first-order valence-corrected chi connectivity index (χ1v) is 7.28. The minimum absolute atomic E-state index is 0.150. The summed E-state index contributed by atoms with van der Waals surface area (Å²) < 4.78 is 20.1. The van der Waals surface area contributed by atoms with E-state index >= 15 is 0 Å². The highest BCUT2D eigenvalue weighted by Crippen LogP contribution is 2.38. The monoisotopic (exact) mass is 289 g/mol. The first-order valence-electron chi connectivity index (χ1n) is 7.28. The second kappa shape index (κ2) is 6.26. The fourth-order valence-electron chi connectivity index (χ4n) is 2.75. The van der Waals surface area contributed by atoms with Gasteiger partial charge in [-0.15, -0.1) is 0 Å². The third kappa shape index (κ3) is 3.42. The molecule has 0 bridgehead atoms. The SMILES string of the molecule is COCCn1cc(NC2CC(c3cccc(F)c3)C2)cn1. The van der Waals surface area contributed by atoms with E-state index < -0.39 is 0 Å². The number of nitrogens with one attached hydrogen (secondary N) is 1. The number of halogens is 1. The first-order chi connectivity index (χ1) is 10.2. The van der Waals surface area contributed by atoms with Gasteiger partial charge >= 0.3 is 0 Å². The van der Waals surface area contributed by atoms with Gasteiger partial charge in [-0.1, -0.05) is 12.1 Å². The van der Waals surface area contributed by atoms with Crippen molar-refractivity contribution in [3.8, 4) is 0 Å². The molecule has 0 spiro atoms. The van der Waals surface area contributed by atoms with Crippen LogP contribution in [0.5, 0.6) is 0 Å². The second-order valence-corrected chi connectivity index (χ2v) is 5.55. The zero-order valence-electron chi connectivity index (χ0n) is 12.1. The summed E-state index contributed by atoms with van der Waals surface area (Å²) in [5, 5.41) is 7.75. The van der Waals surface area contributed by atoms with Crippen LogP contribution in [0.1, 0.15) is 24.3 Å². The Labute approximate surface area is 123 Å². The Morgan fingerprint density at radius 3 is 3.05 bits per heavy atom. The van der Waals surface area contributed by atoms with Crippen LogP contribution < -0.4 is 5.32 Å². The molecule has 3 rings (SSSR count). The molecule has 1 heterocycles. The second-order valence-electron chi connectivity index (χ2n) is 5.55. The molecule has 4 nitrogen and oxygen atoms in total. The summed E-state index contributed by atoms with van der Waals surface area (Å²) >= 11 is 0. The molecule has 1 fully saturated rings. The van der Waals surface area contributed by atoms with Gasteiger partial charge in [-0.25, -0.2) is 4.39 Å². The van der Waals surface area contributed by atoms with Crippen molar-refractivity contribution in [2.75, 3.05) is 19.0 Å². The van der Waals surface area contributed by atoms with Crippen LogP contribution in [0.2, 0.25) is 0 Å². The van der Waals surface area contributed by atoms with E-state index in [2.05, 4.69) is 10.4 Å². The van der Waals surface area contributed by atoms with Gasteiger partial charge in [0, 0.05) is 19.3 Å². The lowest BCUT2D eigenvalue weighted by molar-refractivity contribution is 0.183. The molecule has 0 amide bonds. The quantitative estimate of drug-likeness (QED) is 0.888. The van der Waals surface area contributed by atoms with Crippen LogP contribution in [0.4, 0.5) is 10.1 Å². The molecule has 21 heavy (non-hydrogen) atoms. The Kier molecular flexibility index (Phi) is 4.20. The Bertz CT molecular complexity index is 593. The Balaban J connectivity index is 1.49. The summed E-state index contributed by atoms with van der Waals surface area (Å²) in [7, 11) is 1.68. The van der Waals surface area contributed by atoms with Gasteiger partial charge < -0.3 is 10.1 Å². The maximum atomic E-state index is 13.2. The number of methoxy groups -OCH3 is 1. The van der Waals surface area contributed by atoms with Crippen LogP contribution in [-0.2, 0) is 11.3 Å². The van der Waals surface area contributed by atoms with Crippen LogP contribution >= 0.6 is 0 Å². The molecule has 1 aliphatic rings. The van der Waals surface area contributed by atoms with E-state index in [0.29, 0.717) is 18.6 Å². The third-order valence-corrected chi connectivity index (χ3v) is 3.99. The average molecular weight is 289 g/mol. The van der Waals surface area contributed by atoms with Crippen molar-refractivity contribution in [3.63, 3.8) is 0 Å². The molecule has 0 saturated heterocycles. The number of ether oxygens (including phenoxy) is 1. The smallest absolute Gasteiger partial charge is 0.123 e. The number of aromatic nitrogens is 2. The van der Waals surface area contributed by atoms with Crippen molar-refractivity contribution < 1.29 is 9.13 Å². The predicted molar refractivity (Wildman–Crippen MR) is 79.9 cm³/mol. The molecule has 0 aliphatic heterocycles. The van der Waals surface area contributed by atoms with E-state index in [9.17, 15) is 4.39 Å². The molecule has 2 aromatic rings. The minimum Gasteiger partial charge on any atom is -0.383 e. The van der Waals surface area contributed by atoms with Crippen molar-refractivity contribution in [3.05, 3.63) is 48.0 Å². The predicted octanol–water partition coefficient (Wildman–Crippen LogP) is 3.03. The van der Waals surface area contributed by atoms with Crippen LogP contribution in [-0.4, -0.2) is 29.5 Å². The zero-order valence-corrected chi connectivity index (χ0v) is 12.1. The summed E-state index contributed by atoms with van der Waals surface area (Å²) in [5.74, 6) is 0.310. The van der Waals surface area contributed by atoms with Gasteiger partial charge in [-0.3, -0.25) is 4.68 Å². The zero-order chi connectivity index (χ0) is 14.7. The standard InChI is InChI=1S/C16H20FN3O/c1-21-6-5-20-11-16(10-18-20)19-15-8-13(9-15)12-3-2-4-14(17)7-12/h2-4,7,10-11,13,15,19H,5-6,8-9H2,1H3. The molecule has 1 aliphatic carbocycles. The van der Waals surface area contributed by atoms with Gasteiger partial charge in [0.15, 0.2) is 0 Å². The van der Waals surface area contributed by atoms with E-state index in [4.69, 9.17) is 4.74 Å². The van der Waals surface area contributed by atoms with E-state index in [0.717, 1.165) is 30.6 Å². The molecule has 0 radical (unpaired) electrons. The molecule has 1 N–H and O–H groups in total. The summed E-state index contributed by atoms with van der Waals surface area (Å²) in [6.45, 7) is 1.42. The highest BCUT2D eigenvalue weighted by Gasteiger charge is 2.30. The summed E-state index contributed by atoms with van der Waals surface area (Å²) in [5.41, 5.74) is 2.14. The molecule has 1 aromatic carbocycles. The summed E-state index contributed by atoms with van der Waals surface area (Å²) in [6, 6.07) is 7.37. The highest BCUT2D eigenvalue weighted by molar-refractivity contribution is 5.41. The lowest BCUT2D eigenvalue weighted by atomic mass is 9.76. The lowest BCUT2D eigenvalue weighted by Crippen LogP contribution is -2.33. The lowest BCUT2D eigenvalue weighted by Gasteiger charge is -2.36. The number of rotatable bonds is 6. The van der Waals surface area contributed by atoms with Crippen LogP contribution in [0, 0.1) is 5.82 Å². The van der Waals surface area contributed by atoms with Crippen molar-refractivity contribution in [1.29, 1.82) is 0 Å². The molecule has 1 aromatic heterocycles. The van der Waals surface area contributed by atoms with Crippen LogP contribution in [0.15, 0.2) is 36.7 Å². The van der Waals surface area contributed by atoms with Crippen molar-refractivity contribution in [2.45, 2.75) is 31.3 Å². The van der Waals surface area contributed by atoms with Crippen molar-refractivity contribution in [2.24, 2.45) is 0 Å². The normalized spacial score (nSPS) is 21.0. The van der Waals surface area contributed by atoms with Gasteiger partial charge in [0.05, 0.1) is 25.0 Å². The average Bonchev–Trinajstić information content (AvgIpc) is 2.87. The minimum atomic E-state index is -0.150. The van der Waals surface area contributed by atoms with E-state index in [1.54, 1.807) is 19.2 Å². The van der Waals surface area contributed by atoms with Gasteiger partial charge in [0.25, 0.3) is 0 Å². The maximum absolute atomic E-state index is 13.2. The number of hydrogen-bond donors (Lipinski definition) is 1. The van der Waals surface area contributed by atoms with Gasteiger partial charge in [-0.05, 0) is 36.5 Å². The topological polar surface area (TPSA) is 39.1 Å². The Morgan fingerprint density at radius 1 is 1.43 bits per heavy atom. The molecule has 112 valence electrons. The highest BCUT2D eigenvalue weighted by atomic mass is 19.1. The number of benzene rings is 1. The van der Waals surface area contributed by atoms with Crippen LogP contribution in [0.25, 0.3) is 0 Å². The molecule has 0 unspecified atom stereocenters. The Morgan fingerprint density at radius 2 is 2.29 bits per heavy atom. The van der Waals surface area contributed by atoms with Crippen molar-refractivity contribution in [1.82, 2.24) is 9.78 Å². The van der Waals surface area contributed by atoms with Gasteiger partial charge in [0.1, 0.15) is 5.82 Å². The van der Waals surface area contributed by atoms with Gasteiger partial charge in [0.2, 0.25) is 0 Å². The fourth-order valence-corrected chi connectivity index (χ4v) is 2.75. The molecule has 1 saturated carbocycles. The third-order valence-electron chi connectivity index (χ3n) is 3.99. The first kappa shape index (κ1) is 14.1. The number of nitrogens with zero attached hydrogens (tertiary/aromatic N) is 2. The summed E-state index contributed by atoms with van der Waals surface area (Å²) in [4.78, 5) is 0. The summed E-state index contributed by atoms with van der Waals surface area (Å²) in [6.07, 6.45) is 5.90. The number of anilines is 1. The number of hydrogen-bond acceptors (Lipinski definition) is 3. The van der Waals surface area contributed by atoms with E-state index in [1.165, 1.54) is 6.07 Å². The van der Waals surface area contributed by atoms with E-state index in [1.807, 2.05) is 23.1 Å². The molecular weight excluding hydrogens is 269 g/mol.